The van der Waals surface area contributed by atoms with Gasteiger partial charge in [0.05, 0.1) is 28.3 Å². The fourth-order valence-electron chi connectivity index (χ4n) is 4.71. The zero-order chi connectivity index (χ0) is 27.8. The van der Waals surface area contributed by atoms with Crippen LogP contribution in [0.3, 0.4) is 0 Å². The van der Waals surface area contributed by atoms with Gasteiger partial charge in [-0.2, -0.15) is 13.2 Å². The molecular weight excluding hydrogens is 519 g/mol. The first-order valence-electron chi connectivity index (χ1n) is 11.7. The Morgan fingerprint density at radius 2 is 1.66 bits per heavy atom. The summed E-state index contributed by atoms with van der Waals surface area (Å²) in [5.74, 6) is -1.39. The Kier molecular flexibility index (Phi) is 7.24. The first kappa shape index (κ1) is 27.2. The molecule has 0 aliphatic carbocycles. The minimum atomic E-state index is -4.53. The first-order chi connectivity index (χ1) is 17.8. The van der Waals surface area contributed by atoms with Gasteiger partial charge in [0.1, 0.15) is 6.04 Å². The Morgan fingerprint density at radius 3 is 2.32 bits per heavy atom. The van der Waals surface area contributed by atoms with Crippen LogP contribution in [0, 0.1) is 20.8 Å². The average molecular weight is 546 g/mol. The summed E-state index contributed by atoms with van der Waals surface area (Å²) in [6.07, 6.45) is -5.07. The summed E-state index contributed by atoms with van der Waals surface area (Å²) in [7, 11) is -4.30. The van der Waals surface area contributed by atoms with Crippen molar-refractivity contribution in [2.75, 3.05) is 9.62 Å². The van der Waals surface area contributed by atoms with Gasteiger partial charge in [-0.3, -0.25) is 13.9 Å². The van der Waals surface area contributed by atoms with Crippen molar-refractivity contribution in [2.24, 2.45) is 0 Å². The third kappa shape index (κ3) is 5.38. The number of amides is 2. The molecule has 0 radical (unpaired) electrons. The highest BCUT2D eigenvalue weighted by Gasteiger charge is 2.43. The molecule has 11 heteroatoms. The maximum atomic E-state index is 14.1. The number of fused-ring (bicyclic) bond motifs is 1. The smallest absolute Gasteiger partial charge is 0.352 e. The molecular formula is C27H26F3N3O4S. The van der Waals surface area contributed by atoms with E-state index in [1.165, 1.54) is 12.1 Å². The van der Waals surface area contributed by atoms with Crippen LogP contribution in [0.4, 0.5) is 24.5 Å². The van der Waals surface area contributed by atoms with Crippen molar-refractivity contribution in [3.8, 4) is 0 Å². The summed E-state index contributed by atoms with van der Waals surface area (Å²) in [6.45, 7) is 4.95. The second-order valence-electron chi connectivity index (χ2n) is 9.23. The number of sulfonamides is 1. The van der Waals surface area contributed by atoms with Crippen LogP contribution >= 0.6 is 0 Å². The molecule has 0 aromatic heterocycles. The highest BCUT2D eigenvalue weighted by molar-refractivity contribution is 7.93. The molecule has 3 aromatic carbocycles. The normalized spacial score (nSPS) is 15.6. The number of alkyl halides is 3. The van der Waals surface area contributed by atoms with Crippen LogP contribution in [-0.4, -0.2) is 26.3 Å². The highest BCUT2D eigenvalue weighted by atomic mass is 32.2. The summed E-state index contributed by atoms with van der Waals surface area (Å²) in [6, 6.07) is 12.9. The van der Waals surface area contributed by atoms with Crippen LogP contribution in [0.15, 0.2) is 65.6 Å². The van der Waals surface area contributed by atoms with Gasteiger partial charge in [-0.15, -0.1) is 0 Å². The Morgan fingerprint density at radius 1 is 1.00 bits per heavy atom. The molecule has 1 aliphatic heterocycles. The summed E-state index contributed by atoms with van der Waals surface area (Å²) >= 11 is 0. The van der Waals surface area contributed by atoms with Gasteiger partial charge in [0, 0.05) is 6.54 Å². The summed E-state index contributed by atoms with van der Waals surface area (Å²) in [5, 5.41) is 5.16. The minimum absolute atomic E-state index is 0.0435. The Balaban J connectivity index is 1.66. The van der Waals surface area contributed by atoms with E-state index in [0.29, 0.717) is 11.1 Å². The van der Waals surface area contributed by atoms with Crippen molar-refractivity contribution in [3.63, 3.8) is 0 Å². The molecule has 3 aromatic rings. The lowest BCUT2D eigenvalue weighted by Gasteiger charge is -2.37. The standard InChI is InChI=1S/C27H26F3N3O4S/c1-16-11-17(2)25(18(3)12-16)38(36,37)33-22-10-5-4-9-21(22)32-26(35)23(33)14-24(34)31-15-19-7-6-8-20(13-19)27(28,29)30/h4-13,23H,14-15H2,1-3H3,(H,31,34)(H,32,35). The molecule has 7 nitrogen and oxygen atoms in total. The Labute approximate surface area is 218 Å². The van der Waals surface area contributed by atoms with E-state index in [1.807, 2.05) is 6.92 Å². The van der Waals surface area contributed by atoms with E-state index in [4.69, 9.17) is 0 Å². The predicted octanol–water partition coefficient (Wildman–Crippen LogP) is 4.85. The number of carbonyl (C=O) groups excluding carboxylic acids is 2. The van der Waals surface area contributed by atoms with Gasteiger partial charge in [-0.05, 0) is 61.7 Å². The minimum Gasteiger partial charge on any atom is -0.352 e. The first-order valence-corrected chi connectivity index (χ1v) is 13.2. The fraction of sp³-hybridized carbons (Fsp3) is 0.259. The van der Waals surface area contributed by atoms with Gasteiger partial charge < -0.3 is 10.6 Å². The van der Waals surface area contributed by atoms with E-state index in [0.717, 1.165) is 22.0 Å². The number of hydrogen-bond donors (Lipinski definition) is 2. The van der Waals surface area contributed by atoms with E-state index >= 15 is 0 Å². The summed E-state index contributed by atoms with van der Waals surface area (Å²) < 4.78 is 68.1. The zero-order valence-corrected chi connectivity index (χ0v) is 21.7. The quantitative estimate of drug-likeness (QED) is 0.463. The highest BCUT2D eigenvalue weighted by Crippen LogP contribution is 2.38. The molecule has 2 N–H and O–H groups in total. The third-order valence-electron chi connectivity index (χ3n) is 6.23. The molecule has 38 heavy (non-hydrogen) atoms. The Bertz CT molecular complexity index is 1500. The third-order valence-corrected chi connectivity index (χ3v) is 8.36. The van der Waals surface area contributed by atoms with Gasteiger partial charge >= 0.3 is 6.18 Å². The Hall–Kier alpha value is -3.86. The zero-order valence-electron chi connectivity index (χ0n) is 20.9. The molecule has 0 saturated heterocycles. The summed E-state index contributed by atoms with van der Waals surface area (Å²) in [4.78, 5) is 26.0. The molecule has 2 amide bonds. The lowest BCUT2D eigenvalue weighted by molar-refractivity contribution is -0.137. The topological polar surface area (TPSA) is 95.6 Å². The number of hydrogen-bond acceptors (Lipinski definition) is 4. The lowest BCUT2D eigenvalue weighted by atomic mass is 10.1. The molecule has 0 spiro atoms. The van der Waals surface area contributed by atoms with E-state index in [2.05, 4.69) is 10.6 Å². The van der Waals surface area contributed by atoms with Gasteiger partial charge in [0.25, 0.3) is 10.0 Å². The lowest BCUT2D eigenvalue weighted by Crippen LogP contribution is -2.53. The predicted molar refractivity (Wildman–Crippen MR) is 137 cm³/mol. The van der Waals surface area contributed by atoms with Gasteiger partial charge in [-0.1, -0.05) is 42.0 Å². The molecule has 200 valence electrons. The van der Waals surface area contributed by atoms with Crippen LogP contribution < -0.4 is 14.9 Å². The number of halogens is 3. The number of benzene rings is 3. The maximum absolute atomic E-state index is 14.1. The van der Waals surface area contributed by atoms with Crippen molar-refractivity contribution < 1.29 is 31.2 Å². The molecule has 1 unspecified atom stereocenters. The van der Waals surface area contributed by atoms with E-state index < -0.39 is 46.0 Å². The van der Waals surface area contributed by atoms with E-state index in [1.54, 1.807) is 50.2 Å². The van der Waals surface area contributed by atoms with Crippen molar-refractivity contribution in [1.82, 2.24) is 5.32 Å². The van der Waals surface area contributed by atoms with Gasteiger partial charge in [0.2, 0.25) is 11.8 Å². The molecule has 1 atom stereocenters. The van der Waals surface area contributed by atoms with Crippen LogP contribution in [0.1, 0.15) is 34.2 Å². The van der Waals surface area contributed by atoms with Crippen LogP contribution in [0.25, 0.3) is 0 Å². The van der Waals surface area contributed by atoms with Crippen molar-refractivity contribution in [1.29, 1.82) is 0 Å². The number of aryl methyl sites for hydroxylation is 3. The fourth-order valence-corrected chi connectivity index (χ4v) is 6.76. The van der Waals surface area contributed by atoms with Gasteiger partial charge in [0.15, 0.2) is 0 Å². The van der Waals surface area contributed by atoms with Crippen LogP contribution in [0.2, 0.25) is 0 Å². The van der Waals surface area contributed by atoms with E-state index in [-0.39, 0.29) is 28.4 Å². The van der Waals surface area contributed by atoms with Crippen LogP contribution in [-0.2, 0) is 32.3 Å². The van der Waals surface area contributed by atoms with Crippen LogP contribution in [0.5, 0.6) is 0 Å². The second-order valence-corrected chi connectivity index (χ2v) is 11.0. The number of para-hydroxylation sites is 2. The molecule has 0 fully saturated rings. The number of carbonyl (C=O) groups is 2. The average Bonchev–Trinajstić information content (AvgIpc) is 2.82. The van der Waals surface area contributed by atoms with Crippen molar-refractivity contribution in [3.05, 3.63) is 88.5 Å². The number of nitrogens with zero attached hydrogens (tertiary/aromatic N) is 1. The molecule has 0 saturated carbocycles. The van der Waals surface area contributed by atoms with Crippen molar-refractivity contribution >= 4 is 33.2 Å². The number of nitrogens with one attached hydrogen (secondary N) is 2. The monoisotopic (exact) mass is 545 g/mol. The maximum Gasteiger partial charge on any atom is 0.416 e. The molecule has 0 bridgehead atoms. The van der Waals surface area contributed by atoms with E-state index in [9.17, 15) is 31.2 Å². The second kappa shape index (κ2) is 10.1. The molecule has 1 aliphatic rings. The number of anilines is 2. The molecule has 1 heterocycles. The van der Waals surface area contributed by atoms with Gasteiger partial charge in [-0.25, -0.2) is 8.42 Å². The van der Waals surface area contributed by atoms with Crippen molar-refractivity contribution in [2.45, 2.75) is 50.9 Å². The summed E-state index contributed by atoms with van der Waals surface area (Å²) in [5.41, 5.74) is 1.72. The molecule has 4 rings (SSSR count). The largest absolute Gasteiger partial charge is 0.416 e. The SMILES string of the molecule is Cc1cc(C)c(S(=O)(=O)N2c3ccccc3NC(=O)C2CC(=O)NCc2cccc(C(F)(F)F)c2)c(C)c1. The number of rotatable bonds is 6.